The minimum Gasteiger partial charge on any atom is -0.358 e. The number of rotatable bonds is 6. The Balaban J connectivity index is 1.89. The van der Waals surface area contributed by atoms with Crippen LogP contribution in [-0.4, -0.2) is 16.8 Å². The predicted octanol–water partition coefficient (Wildman–Crippen LogP) is 3.60. The van der Waals surface area contributed by atoms with Crippen molar-refractivity contribution in [3.8, 4) is 0 Å². The zero-order valence-corrected chi connectivity index (χ0v) is 13.9. The Morgan fingerprint density at radius 3 is 1.48 bits per heavy atom. The van der Waals surface area contributed by atoms with E-state index < -0.39 is 19.8 Å². The summed E-state index contributed by atoms with van der Waals surface area (Å²) in [4.78, 5) is 32.5. The first-order valence-electron chi connectivity index (χ1n) is 7.21. The standard InChI is InChI=1S/C18H15O6P/c19-17(13-11-15-7-3-1-4-8-15)23-25(21,22)24-18(20)14-12-16-9-5-2-6-10-16/h1-14H,(H,21,22)/b13-11+,14-12+. The van der Waals surface area contributed by atoms with Crippen LogP contribution in [0, 0.1) is 0 Å². The first-order valence-corrected chi connectivity index (χ1v) is 8.70. The molecule has 0 saturated heterocycles. The molecule has 0 aliphatic heterocycles. The molecule has 0 radical (unpaired) electrons. The van der Waals surface area contributed by atoms with E-state index in [-0.39, 0.29) is 0 Å². The van der Waals surface area contributed by atoms with E-state index in [9.17, 15) is 19.0 Å². The summed E-state index contributed by atoms with van der Waals surface area (Å²) < 4.78 is 20.2. The molecular weight excluding hydrogens is 343 g/mol. The van der Waals surface area contributed by atoms with Crippen LogP contribution in [-0.2, 0) is 23.2 Å². The van der Waals surface area contributed by atoms with Crippen molar-refractivity contribution in [1.82, 2.24) is 0 Å². The molecule has 0 aliphatic rings. The quantitative estimate of drug-likeness (QED) is 0.627. The first-order chi connectivity index (χ1) is 11.9. The number of carbonyl (C=O) groups excluding carboxylic acids is 2. The number of carbonyl (C=O) groups is 2. The van der Waals surface area contributed by atoms with E-state index in [1.807, 2.05) is 0 Å². The van der Waals surface area contributed by atoms with Crippen LogP contribution in [0.15, 0.2) is 72.8 Å². The average Bonchev–Trinajstić information content (AvgIpc) is 2.59. The third kappa shape index (κ3) is 6.99. The van der Waals surface area contributed by atoms with E-state index in [0.717, 1.165) is 12.2 Å². The smallest absolute Gasteiger partial charge is 0.358 e. The largest absolute Gasteiger partial charge is 0.589 e. The number of phosphoric ester groups is 1. The molecule has 0 aromatic heterocycles. The second kappa shape index (κ2) is 8.78. The van der Waals surface area contributed by atoms with Crippen molar-refractivity contribution in [1.29, 1.82) is 0 Å². The Labute approximate surface area is 144 Å². The molecule has 2 rings (SSSR count). The molecule has 6 nitrogen and oxygen atoms in total. The molecule has 2 aromatic carbocycles. The fourth-order valence-corrected chi connectivity index (χ4v) is 2.38. The van der Waals surface area contributed by atoms with Crippen LogP contribution in [0.25, 0.3) is 12.2 Å². The van der Waals surface area contributed by atoms with Gasteiger partial charge in [-0.3, -0.25) is 4.89 Å². The molecule has 0 unspecified atom stereocenters. The van der Waals surface area contributed by atoms with Gasteiger partial charge >= 0.3 is 19.8 Å². The first kappa shape index (κ1) is 18.4. The normalized spacial score (nSPS) is 11.6. The topological polar surface area (TPSA) is 89.9 Å². The lowest BCUT2D eigenvalue weighted by atomic mass is 10.2. The number of hydrogen-bond acceptors (Lipinski definition) is 5. The highest BCUT2D eigenvalue weighted by Crippen LogP contribution is 2.43. The fraction of sp³-hybridized carbons (Fsp3) is 0. The highest BCUT2D eigenvalue weighted by atomic mass is 31.2. The molecule has 2 aromatic rings. The fourth-order valence-electron chi connectivity index (χ4n) is 1.76. The van der Waals surface area contributed by atoms with Gasteiger partial charge in [-0.2, -0.15) is 0 Å². The minimum absolute atomic E-state index is 0.704. The molecule has 0 aliphatic carbocycles. The molecule has 0 atom stereocenters. The Bertz CT molecular complexity index is 760. The molecule has 128 valence electrons. The molecule has 0 spiro atoms. The van der Waals surface area contributed by atoms with E-state index in [1.165, 1.54) is 12.2 Å². The van der Waals surface area contributed by atoms with Crippen LogP contribution >= 0.6 is 7.82 Å². The summed E-state index contributed by atoms with van der Waals surface area (Å²) >= 11 is 0. The van der Waals surface area contributed by atoms with Crippen molar-refractivity contribution >= 4 is 31.9 Å². The molecule has 0 amide bonds. The second-order valence-electron chi connectivity index (χ2n) is 4.78. The zero-order chi connectivity index (χ0) is 18.1. The molecule has 0 heterocycles. The van der Waals surface area contributed by atoms with E-state index in [0.29, 0.717) is 11.1 Å². The maximum Gasteiger partial charge on any atom is 0.589 e. The van der Waals surface area contributed by atoms with Crippen LogP contribution in [0.4, 0.5) is 0 Å². The molecule has 0 saturated carbocycles. The van der Waals surface area contributed by atoms with Gasteiger partial charge in [0.25, 0.3) is 0 Å². The minimum atomic E-state index is -4.85. The van der Waals surface area contributed by atoms with Crippen LogP contribution in [0.2, 0.25) is 0 Å². The highest BCUT2D eigenvalue weighted by molar-refractivity contribution is 7.48. The van der Waals surface area contributed by atoms with Crippen molar-refractivity contribution in [2.24, 2.45) is 0 Å². The maximum atomic E-state index is 11.7. The highest BCUT2D eigenvalue weighted by Gasteiger charge is 2.28. The van der Waals surface area contributed by atoms with E-state index >= 15 is 0 Å². The number of phosphoric acid groups is 1. The van der Waals surface area contributed by atoms with Crippen LogP contribution in [0.3, 0.4) is 0 Å². The van der Waals surface area contributed by atoms with Gasteiger partial charge in [0.1, 0.15) is 0 Å². The summed E-state index contributed by atoms with van der Waals surface area (Å²) in [6.07, 6.45) is 4.73. The molecule has 0 fully saturated rings. The van der Waals surface area contributed by atoms with Crippen molar-refractivity contribution in [3.63, 3.8) is 0 Å². The van der Waals surface area contributed by atoms with Crippen molar-refractivity contribution in [3.05, 3.63) is 83.9 Å². The summed E-state index contributed by atoms with van der Waals surface area (Å²) in [5.74, 6) is -2.20. The zero-order valence-electron chi connectivity index (χ0n) is 13.0. The van der Waals surface area contributed by atoms with Gasteiger partial charge in [-0.25, -0.2) is 14.2 Å². The molecule has 1 N–H and O–H groups in total. The maximum absolute atomic E-state index is 11.7. The predicted molar refractivity (Wildman–Crippen MR) is 93.0 cm³/mol. The van der Waals surface area contributed by atoms with Crippen molar-refractivity contribution in [2.75, 3.05) is 0 Å². The third-order valence-electron chi connectivity index (χ3n) is 2.83. The van der Waals surface area contributed by atoms with Gasteiger partial charge in [0.15, 0.2) is 0 Å². The van der Waals surface area contributed by atoms with E-state index in [4.69, 9.17) is 0 Å². The second-order valence-corrected chi connectivity index (χ2v) is 6.08. The average molecular weight is 358 g/mol. The van der Waals surface area contributed by atoms with Gasteiger partial charge < -0.3 is 9.05 Å². The van der Waals surface area contributed by atoms with Crippen molar-refractivity contribution < 1.29 is 28.1 Å². The van der Waals surface area contributed by atoms with Crippen LogP contribution in [0.1, 0.15) is 11.1 Å². The van der Waals surface area contributed by atoms with Gasteiger partial charge in [0.05, 0.1) is 0 Å². The summed E-state index contributed by atoms with van der Waals surface area (Å²) in [6.45, 7) is 0. The lowest BCUT2D eigenvalue weighted by Crippen LogP contribution is -2.05. The Morgan fingerprint density at radius 1 is 0.760 bits per heavy atom. The van der Waals surface area contributed by atoms with Gasteiger partial charge in [0, 0.05) is 12.2 Å². The summed E-state index contributed by atoms with van der Waals surface area (Å²) in [6, 6.07) is 17.6. The van der Waals surface area contributed by atoms with Crippen molar-refractivity contribution in [2.45, 2.75) is 0 Å². The van der Waals surface area contributed by atoms with Gasteiger partial charge in [0.2, 0.25) is 0 Å². The Kier molecular flexibility index (Phi) is 6.46. The molecule has 0 bridgehead atoms. The van der Waals surface area contributed by atoms with Gasteiger partial charge in [-0.05, 0) is 23.3 Å². The van der Waals surface area contributed by atoms with E-state index in [1.54, 1.807) is 60.7 Å². The summed E-state index contributed by atoms with van der Waals surface area (Å²) in [5.41, 5.74) is 1.41. The van der Waals surface area contributed by atoms with Crippen LogP contribution < -0.4 is 0 Å². The lowest BCUT2D eigenvalue weighted by Gasteiger charge is -2.08. The summed E-state index contributed by atoms with van der Waals surface area (Å²) in [5, 5.41) is 0. The molecule has 25 heavy (non-hydrogen) atoms. The third-order valence-corrected chi connectivity index (χ3v) is 3.65. The lowest BCUT2D eigenvalue weighted by molar-refractivity contribution is -0.134. The molecular formula is C18H15O6P. The SMILES string of the molecule is O=C(/C=C/c1ccccc1)OP(=O)(O)OC(=O)/C=C/c1ccccc1. The number of benzene rings is 2. The summed E-state index contributed by atoms with van der Waals surface area (Å²) in [7, 11) is -4.85. The van der Waals surface area contributed by atoms with Crippen LogP contribution in [0.5, 0.6) is 0 Å². The monoisotopic (exact) mass is 358 g/mol. The Hall–Kier alpha value is -2.95. The van der Waals surface area contributed by atoms with Gasteiger partial charge in [-0.1, -0.05) is 60.7 Å². The van der Waals surface area contributed by atoms with E-state index in [2.05, 4.69) is 9.05 Å². The number of hydrogen-bond donors (Lipinski definition) is 1. The Morgan fingerprint density at radius 2 is 1.12 bits per heavy atom. The van der Waals surface area contributed by atoms with Gasteiger partial charge in [-0.15, -0.1) is 0 Å². The molecule has 7 heteroatoms.